The lowest BCUT2D eigenvalue weighted by Crippen LogP contribution is -2.28. The summed E-state index contributed by atoms with van der Waals surface area (Å²) in [6.45, 7) is 0. The number of carbonyl (C=O) groups is 2. The minimum atomic E-state index is -1.05. The molecule has 5 heteroatoms. The van der Waals surface area contributed by atoms with E-state index in [-0.39, 0.29) is 6.42 Å². The summed E-state index contributed by atoms with van der Waals surface area (Å²) >= 11 is 0. The molecule has 1 aromatic rings. The monoisotopic (exact) mass is 247 g/mol. The van der Waals surface area contributed by atoms with Crippen molar-refractivity contribution < 1.29 is 19.1 Å². The van der Waals surface area contributed by atoms with E-state index in [0.29, 0.717) is 11.1 Å². The summed E-state index contributed by atoms with van der Waals surface area (Å²) in [7, 11) is 2.41. The molecule has 0 radical (unpaired) electrons. The molecule has 0 atom stereocenters. The predicted octanol–water partition coefficient (Wildman–Crippen LogP) is 1.06. The highest BCUT2D eigenvalue weighted by Crippen LogP contribution is 2.15. The molecule has 0 aliphatic heterocycles. The second kappa shape index (κ2) is 6.40. The summed E-state index contributed by atoms with van der Waals surface area (Å²) in [5, 5.41) is 8.94. The Balaban J connectivity index is 3.00. The highest BCUT2D eigenvalue weighted by atomic mass is 16.5. The average molecular weight is 247 g/mol. The smallest absolute Gasteiger partial charge is 0.320 e. The van der Waals surface area contributed by atoms with Crippen LogP contribution in [-0.4, -0.2) is 26.2 Å². The number of nitrogens with zero attached hydrogens (tertiary/aromatic N) is 1. The Morgan fingerprint density at radius 1 is 1.22 bits per heavy atom. The van der Waals surface area contributed by atoms with E-state index >= 15 is 0 Å². The summed E-state index contributed by atoms with van der Waals surface area (Å²) in [5.74, 6) is -2.39. The number of hydrogen-bond donors (Lipinski definition) is 0. The van der Waals surface area contributed by atoms with Crippen LogP contribution in [0.3, 0.4) is 0 Å². The van der Waals surface area contributed by atoms with Crippen molar-refractivity contribution in [3.63, 3.8) is 0 Å². The molecular weight excluding hydrogens is 234 g/mol. The van der Waals surface area contributed by atoms with Crippen LogP contribution in [0.2, 0.25) is 0 Å². The van der Waals surface area contributed by atoms with Gasteiger partial charge in [0, 0.05) is 0 Å². The highest BCUT2D eigenvalue weighted by molar-refractivity contribution is 5.95. The molecule has 1 aromatic carbocycles. The zero-order chi connectivity index (χ0) is 13.5. The van der Waals surface area contributed by atoms with Gasteiger partial charge in [-0.3, -0.25) is 9.59 Å². The molecule has 0 N–H and O–H groups in total. The lowest BCUT2D eigenvalue weighted by molar-refractivity contribution is -0.158. The van der Waals surface area contributed by atoms with Gasteiger partial charge in [0.05, 0.1) is 25.9 Å². The molecule has 0 unspecified atom stereocenters. The quantitative estimate of drug-likeness (QED) is 0.587. The fourth-order valence-corrected chi connectivity index (χ4v) is 1.57. The molecule has 0 saturated carbocycles. The zero-order valence-electron chi connectivity index (χ0n) is 10.2. The molecule has 0 aliphatic rings. The summed E-state index contributed by atoms with van der Waals surface area (Å²) in [6, 6.07) is 8.78. The Labute approximate surface area is 105 Å². The first-order valence-electron chi connectivity index (χ1n) is 5.27. The van der Waals surface area contributed by atoms with Gasteiger partial charge in [-0.25, -0.2) is 0 Å². The zero-order valence-corrected chi connectivity index (χ0v) is 10.2. The van der Waals surface area contributed by atoms with Crippen molar-refractivity contribution in [2.75, 3.05) is 14.2 Å². The Bertz CT molecular complexity index is 474. The molecule has 1 rings (SSSR count). The fraction of sp³-hybridized carbons (Fsp3) is 0.308. The molecule has 0 aromatic heterocycles. The number of ether oxygens (including phenoxy) is 2. The largest absolute Gasteiger partial charge is 0.468 e. The topological polar surface area (TPSA) is 76.4 Å². The summed E-state index contributed by atoms with van der Waals surface area (Å²) in [6.07, 6.45) is 0.0864. The van der Waals surface area contributed by atoms with Crippen LogP contribution in [0, 0.1) is 17.2 Å². The fourth-order valence-electron chi connectivity index (χ4n) is 1.57. The van der Waals surface area contributed by atoms with Crippen LogP contribution in [0.25, 0.3) is 0 Å². The standard InChI is InChI=1S/C13H13NO4/c1-17-12(15)11(13(16)18-2)7-9-5-3-4-6-10(9)8-14/h3-6,11H,7H2,1-2H3. The number of nitriles is 1. The molecule has 18 heavy (non-hydrogen) atoms. The molecule has 0 fully saturated rings. The van der Waals surface area contributed by atoms with Crippen molar-refractivity contribution in [3.8, 4) is 6.07 Å². The SMILES string of the molecule is COC(=O)C(Cc1ccccc1C#N)C(=O)OC. The summed E-state index contributed by atoms with van der Waals surface area (Å²) in [4.78, 5) is 23.0. The van der Waals surface area contributed by atoms with Gasteiger partial charge in [-0.05, 0) is 18.1 Å². The van der Waals surface area contributed by atoms with E-state index in [4.69, 9.17) is 5.26 Å². The van der Waals surface area contributed by atoms with Gasteiger partial charge in [0.1, 0.15) is 0 Å². The molecule has 0 amide bonds. The minimum Gasteiger partial charge on any atom is -0.468 e. The van der Waals surface area contributed by atoms with Crippen LogP contribution in [-0.2, 0) is 25.5 Å². The maximum absolute atomic E-state index is 11.5. The highest BCUT2D eigenvalue weighted by Gasteiger charge is 2.29. The Morgan fingerprint density at radius 3 is 2.28 bits per heavy atom. The average Bonchev–Trinajstić information content (AvgIpc) is 2.43. The van der Waals surface area contributed by atoms with Crippen LogP contribution >= 0.6 is 0 Å². The molecular formula is C13H13NO4. The van der Waals surface area contributed by atoms with Gasteiger partial charge in [0.15, 0.2) is 5.92 Å². The number of esters is 2. The Kier molecular flexibility index (Phi) is 4.88. The Morgan fingerprint density at radius 2 is 1.78 bits per heavy atom. The van der Waals surface area contributed by atoms with E-state index < -0.39 is 17.9 Å². The van der Waals surface area contributed by atoms with Gasteiger partial charge in [0.25, 0.3) is 0 Å². The minimum absolute atomic E-state index is 0.0864. The second-order valence-electron chi connectivity index (χ2n) is 3.57. The Hall–Kier alpha value is -2.35. The van der Waals surface area contributed by atoms with Crippen LogP contribution in [0.15, 0.2) is 24.3 Å². The maximum atomic E-state index is 11.5. The van der Waals surface area contributed by atoms with E-state index in [1.165, 1.54) is 14.2 Å². The van der Waals surface area contributed by atoms with Crippen molar-refractivity contribution >= 4 is 11.9 Å². The van der Waals surface area contributed by atoms with Crippen LogP contribution in [0.1, 0.15) is 11.1 Å². The molecule has 0 spiro atoms. The number of methoxy groups -OCH3 is 2. The molecule has 0 bridgehead atoms. The molecule has 5 nitrogen and oxygen atoms in total. The van der Waals surface area contributed by atoms with Gasteiger partial charge >= 0.3 is 11.9 Å². The lowest BCUT2D eigenvalue weighted by atomic mass is 9.96. The van der Waals surface area contributed by atoms with Crippen molar-refractivity contribution in [3.05, 3.63) is 35.4 Å². The first-order valence-corrected chi connectivity index (χ1v) is 5.27. The van der Waals surface area contributed by atoms with E-state index in [9.17, 15) is 9.59 Å². The predicted molar refractivity (Wildman–Crippen MR) is 62.4 cm³/mol. The van der Waals surface area contributed by atoms with Gasteiger partial charge in [0.2, 0.25) is 0 Å². The third kappa shape index (κ3) is 3.08. The van der Waals surface area contributed by atoms with Gasteiger partial charge < -0.3 is 9.47 Å². The van der Waals surface area contributed by atoms with E-state index in [1.54, 1.807) is 24.3 Å². The third-order valence-corrected chi connectivity index (χ3v) is 2.53. The summed E-state index contributed by atoms with van der Waals surface area (Å²) in [5.41, 5.74) is 1.04. The van der Waals surface area contributed by atoms with Crippen LogP contribution < -0.4 is 0 Å². The van der Waals surface area contributed by atoms with Crippen molar-refractivity contribution in [2.24, 2.45) is 5.92 Å². The second-order valence-corrected chi connectivity index (χ2v) is 3.57. The lowest BCUT2D eigenvalue weighted by Gasteiger charge is -2.12. The first kappa shape index (κ1) is 13.7. The van der Waals surface area contributed by atoms with Crippen molar-refractivity contribution in [1.82, 2.24) is 0 Å². The number of benzene rings is 1. The molecule has 0 saturated heterocycles. The number of carbonyl (C=O) groups excluding carboxylic acids is 2. The van der Waals surface area contributed by atoms with Crippen molar-refractivity contribution in [1.29, 1.82) is 5.26 Å². The maximum Gasteiger partial charge on any atom is 0.320 e. The first-order chi connectivity index (χ1) is 8.63. The molecule has 0 aliphatic carbocycles. The van der Waals surface area contributed by atoms with E-state index in [1.807, 2.05) is 6.07 Å². The number of hydrogen-bond acceptors (Lipinski definition) is 5. The van der Waals surface area contributed by atoms with Gasteiger partial charge in [-0.2, -0.15) is 5.26 Å². The van der Waals surface area contributed by atoms with Gasteiger partial charge in [-0.15, -0.1) is 0 Å². The van der Waals surface area contributed by atoms with Crippen molar-refractivity contribution in [2.45, 2.75) is 6.42 Å². The molecule has 0 heterocycles. The van der Waals surface area contributed by atoms with Crippen LogP contribution in [0.5, 0.6) is 0 Å². The number of rotatable bonds is 4. The third-order valence-electron chi connectivity index (χ3n) is 2.53. The van der Waals surface area contributed by atoms with Gasteiger partial charge in [-0.1, -0.05) is 18.2 Å². The van der Waals surface area contributed by atoms with E-state index in [0.717, 1.165) is 0 Å². The molecule has 94 valence electrons. The summed E-state index contributed by atoms with van der Waals surface area (Å²) < 4.78 is 9.12. The van der Waals surface area contributed by atoms with E-state index in [2.05, 4.69) is 9.47 Å². The normalized spacial score (nSPS) is 9.67. The van der Waals surface area contributed by atoms with Crippen LogP contribution in [0.4, 0.5) is 0 Å².